The van der Waals surface area contributed by atoms with Crippen LogP contribution in [0.15, 0.2) is 99.8 Å². The van der Waals surface area contributed by atoms with E-state index in [4.69, 9.17) is 0 Å². The number of aliphatic hydroxyl groups excluding tert-OH is 2. The lowest BCUT2D eigenvalue weighted by Crippen LogP contribution is -2.18. The molecular weight excluding hydrogens is 472 g/mol. The predicted octanol–water partition coefficient (Wildman–Crippen LogP) is 6.84. The highest BCUT2D eigenvalue weighted by Crippen LogP contribution is 2.51. The third-order valence-corrected chi connectivity index (χ3v) is 8.83. The Kier molecular flexibility index (Phi) is 3.43. The summed E-state index contributed by atoms with van der Waals surface area (Å²) >= 11 is 0. The Morgan fingerprint density at radius 3 is 2.24 bits per heavy atom. The van der Waals surface area contributed by atoms with Gasteiger partial charge < -0.3 is 10.2 Å². The maximum atomic E-state index is 13.9. The van der Waals surface area contributed by atoms with Crippen LogP contribution in [0.3, 0.4) is 0 Å². The standard InChI is InChI=1S/C34H18O4/c35-24-7-3-6-20-28(24)23-14-26(37)31-18-9-8-16-12-15-4-1-2-5-17(15)22-13-25(36)30(32(18)27(16)22)19-10-11-21(34(20)38)29(23)33(19)31/h1-11,13-14,28,35,38H,12H2. The van der Waals surface area contributed by atoms with Crippen LogP contribution in [0.1, 0.15) is 28.2 Å². The zero-order valence-electron chi connectivity index (χ0n) is 20.0. The van der Waals surface area contributed by atoms with Crippen molar-refractivity contribution in [3.63, 3.8) is 0 Å². The minimum atomic E-state index is -0.621. The predicted molar refractivity (Wildman–Crippen MR) is 152 cm³/mol. The van der Waals surface area contributed by atoms with Crippen LogP contribution in [0.2, 0.25) is 0 Å². The molecule has 2 N–H and O–H groups in total. The summed E-state index contributed by atoms with van der Waals surface area (Å²) in [5.41, 5.74) is 5.93. The van der Waals surface area contributed by atoms with Gasteiger partial charge in [0.2, 0.25) is 0 Å². The van der Waals surface area contributed by atoms with Gasteiger partial charge in [0.25, 0.3) is 0 Å². The van der Waals surface area contributed by atoms with Crippen LogP contribution in [0.25, 0.3) is 60.0 Å². The van der Waals surface area contributed by atoms with Crippen molar-refractivity contribution in [3.05, 3.63) is 133 Å². The van der Waals surface area contributed by atoms with Crippen LogP contribution >= 0.6 is 0 Å². The van der Waals surface area contributed by atoms with Crippen molar-refractivity contribution in [1.82, 2.24) is 0 Å². The third kappa shape index (κ3) is 2.15. The second-order valence-corrected chi connectivity index (χ2v) is 10.6. The van der Waals surface area contributed by atoms with Gasteiger partial charge in [-0.3, -0.25) is 9.59 Å². The van der Waals surface area contributed by atoms with E-state index < -0.39 is 5.92 Å². The molecule has 9 rings (SSSR count). The fourth-order valence-corrected chi connectivity index (χ4v) is 7.36. The summed E-state index contributed by atoms with van der Waals surface area (Å²) < 4.78 is 0. The monoisotopic (exact) mass is 490 g/mol. The average Bonchev–Trinajstić information content (AvgIpc) is 2.92. The zero-order valence-corrected chi connectivity index (χ0v) is 20.0. The highest BCUT2D eigenvalue weighted by molar-refractivity contribution is 6.35. The maximum Gasteiger partial charge on any atom is 0.187 e. The van der Waals surface area contributed by atoms with Gasteiger partial charge in [0, 0.05) is 32.7 Å². The molecular formula is C34H18O4. The van der Waals surface area contributed by atoms with E-state index in [1.165, 1.54) is 5.56 Å². The van der Waals surface area contributed by atoms with Gasteiger partial charge in [0.05, 0.1) is 5.92 Å². The lowest BCUT2D eigenvalue weighted by Gasteiger charge is -2.30. The molecule has 0 radical (unpaired) electrons. The highest BCUT2D eigenvalue weighted by atomic mass is 16.3. The number of benzene rings is 6. The molecule has 0 saturated carbocycles. The second kappa shape index (κ2) is 6.48. The number of rotatable bonds is 0. The number of hydrogen-bond donors (Lipinski definition) is 2. The fourth-order valence-electron chi connectivity index (χ4n) is 7.36. The summed E-state index contributed by atoms with van der Waals surface area (Å²) in [5, 5.41) is 28.0. The molecule has 0 saturated heterocycles. The first-order chi connectivity index (χ1) is 18.5. The number of fused-ring (bicyclic) bond motifs is 6. The number of hydrogen-bond acceptors (Lipinski definition) is 4. The molecule has 38 heavy (non-hydrogen) atoms. The summed E-state index contributed by atoms with van der Waals surface area (Å²) in [6, 6.07) is 19.3. The highest BCUT2D eigenvalue weighted by Gasteiger charge is 2.35. The minimum Gasteiger partial charge on any atom is -0.511 e. The Bertz CT molecular complexity index is 2320. The summed E-state index contributed by atoms with van der Waals surface area (Å²) in [7, 11) is 0. The van der Waals surface area contributed by atoms with E-state index in [0.717, 1.165) is 44.7 Å². The van der Waals surface area contributed by atoms with Crippen LogP contribution < -0.4 is 10.9 Å². The molecule has 1 atom stereocenters. The number of aliphatic hydroxyl groups is 2. The molecule has 0 amide bonds. The van der Waals surface area contributed by atoms with Crippen molar-refractivity contribution in [2.75, 3.05) is 0 Å². The van der Waals surface area contributed by atoms with Gasteiger partial charge in [-0.2, -0.15) is 0 Å². The molecule has 6 aromatic rings. The quantitative estimate of drug-likeness (QED) is 0.180. The first-order valence-corrected chi connectivity index (χ1v) is 12.7. The molecule has 178 valence electrons. The number of allylic oxidation sites excluding steroid dienone is 4. The van der Waals surface area contributed by atoms with Crippen LogP contribution in [0.4, 0.5) is 0 Å². The summed E-state index contributed by atoms with van der Waals surface area (Å²) in [6.07, 6.45) is 5.83. The van der Waals surface area contributed by atoms with Crippen molar-refractivity contribution in [3.8, 4) is 11.1 Å². The zero-order chi connectivity index (χ0) is 25.4. The van der Waals surface area contributed by atoms with Gasteiger partial charge in [-0.25, -0.2) is 0 Å². The van der Waals surface area contributed by atoms with E-state index in [1.807, 2.05) is 30.3 Å². The van der Waals surface area contributed by atoms with Gasteiger partial charge in [0.15, 0.2) is 10.9 Å². The van der Waals surface area contributed by atoms with E-state index in [1.54, 1.807) is 30.4 Å². The van der Waals surface area contributed by atoms with Crippen molar-refractivity contribution >= 4 is 48.8 Å². The van der Waals surface area contributed by atoms with Crippen LogP contribution in [-0.4, -0.2) is 10.2 Å². The van der Waals surface area contributed by atoms with Crippen molar-refractivity contribution in [2.24, 2.45) is 0 Å². The Hall–Kier alpha value is -4.96. The molecule has 0 aliphatic heterocycles. The molecule has 0 fully saturated rings. The Balaban J connectivity index is 1.56. The van der Waals surface area contributed by atoms with Crippen LogP contribution in [0, 0.1) is 0 Å². The molecule has 0 bridgehead atoms. The van der Waals surface area contributed by atoms with Crippen molar-refractivity contribution in [2.45, 2.75) is 12.3 Å². The smallest absolute Gasteiger partial charge is 0.187 e. The molecule has 0 heterocycles. The summed E-state index contributed by atoms with van der Waals surface area (Å²) in [6.45, 7) is 0. The fraction of sp³-hybridized carbons (Fsp3) is 0.0588. The van der Waals surface area contributed by atoms with Crippen molar-refractivity contribution in [1.29, 1.82) is 0 Å². The van der Waals surface area contributed by atoms with Gasteiger partial charge >= 0.3 is 0 Å². The minimum absolute atomic E-state index is 0.0812. The second-order valence-electron chi connectivity index (χ2n) is 10.6. The SMILES string of the molecule is O=c1cc2c3c(ccc4c5c(=O)cc6c7c(ccc(c1c34)c75)C(O)=C1C=CC=C(O)C16)Cc1ccccc1-2. The first kappa shape index (κ1) is 20.1. The summed E-state index contributed by atoms with van der Waals surface area (Å²) in [5.74, 6) is -0.452. The van der Waals surface area contributed by atoms with E-state index in [-0.39, 0.29) is 22.4 Å². The van der Waals surface area contributed by atoms with Crippen LogP contribution in [-0.2, 0) is 6.42 Å². The maximum absolute atomic E-state index is 13.9. The Morgan fingerprint density at radius 1 is 0.658 bits per heavy atom. The van der Waals surface area contributed by atoms with E-state index in [0.29, 0.717) is 38.2 Å². The first-order valence-electron chi connectivity index (χ1n) is 12.7. The van der Waals surface area contributed by atoms with E-state index in [2.05, 4.69) is 18.2 Å². The van der Waals surface area contributed by atoms with Gasteiger partial charge in [-0.15, -0.1) is 0 Å². The molecule has 0 aromatic heterocycles. The van der Waals surface area contributed by atoms with E-state index >= 15 is 0 Å². The molecule has 4 heteroatoms. The Morgan fingerprint density at radius 2 is 1.39 bits per heavy atom. The van der Waals surface area contributed by atoms with Crippen LogP contribution in [0.5, 0.6) is 0 Å². The molecule has 6 aromatic carbocycles. The Labute approximate surface area is 215 Å². The molecule has 1 unspecified atom stereocenters. The molecule has 3 aliphatic rings. The molecule has 3 aliphatic carbocycles. The largest absolute Gasteiger partial charge is 0.511 e. The van der Waals surface area contributed by atoms with E-state index in [9.17, 15) is 19.8 Å². The third-order valence-electron chi connectivity index (χ3n) is 8.83. The normalized spacial score (nSPS) is 17.5. The lowest BCUT2D eigenvalue weighted by molar-refractivity contribution is 0.377. The van der Waals surface area contributed by atoms with Gasteiger partial charge in [0.1, 0.15) is 11.5 Å². The van der Waals surface area contributed by atoms with Gasteiger partial charge in [-0.05, 0) is 80.1 Å². The summed E-state index contributed by atoms with van der Waals surface area (Å²) in [4.78, 5) is 27.9. The van der Waals surface area contributed by atoms with Crippen molar-refractivity contribution < 1.29 is 10.2 Å². The topological polar surface area (TPSA) is 74.6 Å². The average molecular weight is 491 g/mol. The van der Waals surface area contributed by atoms with Gasteiger partial charge in [-0.1, -0.05) is 54.6 Å². The molecule has 4 nitrogen and oxygen atoms in total. The molecule has 0 spiro atoms. The lowest BCUT2D eigenvalue weighted by atomic mass is 9.74.